The van der Waals surface area contributed by atoms with Crippen molar-refractivity contribution >= 4 is 28.7 Å². The number of carbonyl (C=O) groups is 1. The molecule has 0 unspecified atom stereocenters. The lowest BCUT2D eigenvalue weighted by atomic mass is 10.3. The second-order valence-electron chi connectivity index (χ2n) is 4.39. The van der Waals surface area contributed by atoms with Gasteiger partial charge in [-0.05, 0) is 12.1 Å². The Bertz CT molecular complexity index is 596. The molecule has 7 heteroatoms. The molecule has 1 amide bonds. The van der Waals surface area contributed by atoms with Gasteiger partial charge < -0.3 is 25.1 Å². The Morgan fingerprint density at radius 2 is 2.35 bits per heavy atom. The zero-order valence-electron chi connectivity index (χ0n) is 11.5. The van der Waals surface area contributed by atoms with Crippen LogP contribution in [-0.2, 0) is 9.53 Å². The zero-order chi connectivity index (χ0) is 14.5. The number of nitrogens with two attached hydrogens (primary N) is 1. The molecule has 0 saturated heterocycles. The zero-order valence-corrected chi connectivity index (χ0v) is 11.5. The maximum Gasteiger partial charge on any atom is 0.298 e. The standard InChI is InChI=1S/C13H18N4O3/c1-17(8-11(18)15-6-7-19-2)13-16-12-9(14)4-3-5-10(12)20-13/h3-5H,6-8,14H2,1-2H3,(H,15,18). The Morgan fingerprint density at radius 1 is 1.55 bits per heavy atom. The maximum absolute atomic E-state index is 11.7. The first-order chi connectivity index (χ1) is 9.61. The Balaban J connectivity index is 2.02. The number of aromatic nitrogens is 1. The van der Waals surface area contributed by atoms with E-state index in [2.05, 4.69) is 10.3 Å². The van der Waals surface area contributed by atoms with E-state index in [0.29, 0.717) is 36.0 Å². The van der Waals surface area contributed by atoms with Gasteiger partial charge in [-0.2, -0.15) is 4.98 Å². The van der Waals surface area contributed by atoms with Gasteiger partial charge in [0.1, 0.15) is 12.1 Å². The highest BCUT2D eigenvalue weighted by atomic mass is 16.5. The normalized spacial score (nSPS) is 10.7. The molecule has 2 rings (SSSR count). The summed E-state index contributed by atoms with van der Waals surface area (Å²) >= 11 is 0. The molecule has 2 aromatic rings. The van der Waals surface area contributed by atoms with Crippen LogP contribution < -0.4 is 16.0 Å². The van der Waals surface area contributed by atoms with Gasteiger partial charge in [0.2, 0.25) is 5.91 Å². The predicted octanol–water partition coefficient (Wildman–Crippen LogP) is 0.609. The molecule has 0 saturated carbocycles. The summed E-state index contributed by atoms with van der Waals surface area (Å²) in [4.78, 5) is 17.6. The number of hydrogen-bond donors (Lipinski definition) is 2. The number of amides is 1. The minimum absolute atomic E-state index is 0.125. The molecular weight excluding hydrogens is 260 g/mol. The second-order valence-corrected chi connectivity index (χ2v) is 4.39. The van der Waals surface area contributed by atoms with E-state index in [0.717, 1.165) is 0 Å². The van der Waals surface area contributed by atoms with Crippen LogP contribution in [0, 0.1) is 0 Å². The fraction of sp³-hybridized carbons (Fsp3) is 0.385. The number of fused-ring (bicyclic) bond motifs is 1. The number of rotatable bonds is 6. The smallest absolute Gasteiger partial charge is 0.298 e. The molecule has 0 radical (unpaired) electrons. The minimum Gasteiger partial charge on any atom is -0.423 e. The summed E-state index contributed by atoms with van der Waals surface area (Å²) in [6.07, 6.45) is 0. The van der Waals surface area contributed by atoms with Crippen molar-refractivity contribution in [2.45, 2.75) is 0 Å². The Morgan fingerprint density at radius 3 is 3.05 bits per heavy atom. The number of nitrogens with one attached hydrogen (secondary N) is 1. The number of nitrogen functional groups attached to an aromatic ring is 1. The highest BCUT2D eigenvalue weighted by molar-refractivity contribution is 5.87. The summed E-state index contributed by atoms with van der Waals surface area (Å²) < 4.78 is 10.4. The van der Waals surface area contributed by atoms with E-state index in [4.69, 9.17) is 14.9 Å². The monoisotopic (exact) mass is 278 g/mol. The number of methoxy groups -OCH3 is 1. The molecule has 20 heavy (non-hydrogen) atoms. The number of benzene rings is 1. The van der Waals surface area contributed by atoms with E-state index < -0.39 is 0 Å². The molecule has 0 fully saturated rings. The quantitative estimate of drug-likeness (QED) is 0.594. The van der Waals surface area contributed by atoms with Crippen LogP contribution in [0.3, 0.4) is 0 Å². The molecular formula is C13H18N4O3. The molecule has 0 bridgehead atoms. The average Bonchev–Trinajstić information content (AvgIpc) is 2.84. The molecule has 0 aliphatic carbocycles. The van der Waals surface area contributed by atoms with Gasteiger partial charge in [-0.1, -0.05) is 6.07 Å². The molecule has 0 aliphatic heterocycles. The van der Waals surface area contributed by atoms with E-state index in [1.54, 1.807) is 37.3 Å². The molecule has 108 valence electrons. The molecule has 0 aliphatic rings. The highest BCUT2D eigenvalue weighted by Gasteiger charge is 2.14. The Kier molecular flexibility index (Phi) is 4.41. The Hall–Kier alpha value is -2.28. The first kappa shape index (κ1) is 14.1. The fourth-order valence-corrected chi connectivity index (χ4v) is 1.75. The lowest BCUT2D eigenvalue weighted by Gasteiger charge is -2.13. The van der Waals surface area contributed by atoms with Crippen molar-refractivity contribution in [3.63, 3.8) is 0 Å². The molecule has 1 aromatic heterocycles. The number of hydrogen-bond acceptors (Lipinski definition) is 6. The summed E-state index contributed by atoms with van der Waals surface area (Å²) in [5.74, 6) is -0.125. The minimum atomic E-state index is -0.125. The Labute approximate surface area is 116 Å². The van der Waals surface area contributed by atoms with Gasteiger partial charge in [-0.15, -0.1) is 0 Å². The van der Waals surface area contributed by atoms with Crippen LogP contribution >= 0.6 is 0 Å². The number of carbonyl (C=O) groups excluding carboxylic acids is 1. The number of anilines is 2. The van der Waals surface area contributed by atoms with Crippen molar-refractivity contribution in [1.29, 1.82) is 0 Å². The number of likely N-dealkylation sites (N-methyl/N-ethyl adjacent to an activating group) is 1. The topological polar surface area (TPSA) is 93.6 Å². The molecule has 3 N–H and O–H groups in total. The maximum atomic E-state index is 11.7. The third kappa shape index (κ3) is 3.18. The van der Waals surface area contributed by atoms with Gasteiger partial charge >= 0.3 is 0 Å². The van der Waals surface area contributed by atoms with Crippen molar-refractivity contribution in [3.8, 4) is 0 Å². The van der Waals surface area contributed by atoms with E-state index in [9.17, 15) is 4.79 Å². The summed E-state index contributed by atoms with van der Waals surface area (Å²) in [6, 6.07) is 5.70. The fourth-order valence-electron chi connectivity index (χ4n) is 1.75. The summed E-state index contributed by atoms with van der Waals surface area (Å²) in [6.45, 7) is 1.11. The van der Waals surface area contributed by atoms with Crippen molar-refractivity contribution in [1.82, 2.24) is 10.3 Å². The van der Waals surface area contributed by atoms with Gasteiger partial charge in [0.25, 0.3) is 6.01 Å². The SMILES string of the molecule is COCCNC(=O)CN(C)c1nc2c(N)cccc2o1. The predicted molar refractivity (Wildman–Crippen MR) is 76.6 cm³/mol. The van der Waals surface area contributed by atoms with E-state index in [1.165, 1.54) is 0 Å². The van der Waals surface area contributed by atoms with Crippen LogP contribution in [0.5, 0.6) is 0 Å². The van der Waals surface area contributed by atoms with E-state index >= 15 is 0 Å². The first-order valence-corrected chi connectivity index (χ1v) is 6.23. The third-order valence-corrected chi connectivity index (χ3v) is 2.77. The highest BCUT2D eigenvalue weighted by Crippen LogP contribution is 2.25. The van der Waals surface area contributed by atoms with Gasteiger partial charge in [-0.25, -0.2) is 0 Å². The van der Waals surface area contributed by atoms with Gasteiger partial charge in [0.15, 0.2) is 5.58 Å². The van der Waals surface area contributed by atoms with Crippen LogP contribution in [-0.4, -0.2) is 44.7 Å². The summed E-state index contributed by atoms with van der Waals surface area (Å²) in [5, 5.41) is 2.73. The molecule has 1 aromatic carbocycles. The van der Waals surface area contributed by atoms with Crippen molar-refractivity contribution in [2.24, 2.45) is 0 Å². The van der Waals surface area contributed by atoms with E-state index in [1.807, 2.05) is 0 Å². The molecule has 0 spiro atoms. The van der Waals surface area contributed by atoms with Crippen molar-refractivity contribution in [2.75, 3.05) is 44.5 Å². The largest absolute Gasteiger partial charge is 0.423 e. The third-order valence-electron chi connectivity index (χ3n) is 2.77. The van der Waals surface area contributed by atoms with Gasteiger partial charge in [-0.3, -0.25) is 4.79 Å². The summed E-state index contributed by atoms with van der Waals surface area (Å²) in [7, 11) is 3.32. The lowest BCUT2D eigenvalue weighted by Crippen LogP contribution is -2.36. The second kappa shape index (κ2) is 6.25. The van der Waals surface area contributed by atoms with Crippen LogP contribution in [0.1, 0.15) is 0 Å². The first-order valence-electron chi connectivity index (χ1n) is 6.23. The number of oxazole rings is 1. The molecule has 7 nitrogen and oxygen atoms in total. The lowest BCUT2D eigenvalue weighted by molar-refractivity contribution is -0.119. The van der Waals surface area contributed by atoms with Gasteiger partial charge in [0, 0.05) is 20.7 Å². The number of para-hydroxylation sites is 1. The van der Waals surface area contributed by atoms with Crippen LogP contribution in [0.25, 0.3) is 11.1 Å². The van der Waals surface area contributed by atoms with Crippen LogP contribution in [0.4, 0.5) is 11.7 Å². The van der Waals surface area contributed by atoms with E-state index in [-0.39, 0.29) is 12.5 Å². The average molecular weight is 278 g/mol. The van der Waals surface area contributed by atoms with Crippen molar-refractivity contribution < 1.29 is 13.9 Å². The molecule has 0 atom stereocenters. The number of nitrogens with zero attached hydrogens (tertiary/aromatic N) is 2. The van der Waals surface area contributed by atoms with Crippen LogP contribution in [0.15, 0.2) is 22.6 Å². The summed E-state index contributed by atoms with van der Waals surface area (Å²) in [5.41, 5.74) is 7.58. The molecule has 1 heterocycles. The number of ether oxygens (including phenoxy) is 1. The van der Waals surface area contributed by atoms with Gasteiger partial charge in [0.05, 0.1) is 12.3 Å². The van der Waals surface area contributed by atoms with Crippen molar-refractivity contribution in [3.05, 3.63) is 18.2 Å². The van der Waals surface area contributed by atoms with Crippen LogP contribution in [0.2, 0.25) is 0 Å².